The Morgan fingerprint density at radius 2 is 1.91 bits per heavy atom. The maximum Gasteiger partial charge on any atom is 0.320 e. The third kappa shape index (κ3) is 3.67. The molecule has 0 radical (unpaired) electrons. The minimum atomic E-state index is -0.821. The van der Waals surface area contributed by atoms with Crippen molar-refractivity contribution >= 4 is 29.2 Å². The van der Waals surface area contributed by atoms with Gasteiger partial charge in [0, 0.05) is 16.8 Å². The lowest BCUT2D eigenvalue weighted by Crippen LogP contribution is -2.46. The normalized spacial score (nSPS) is 27.4. The van der Waals surface area contributed by atoms with Gasteiger partial charge in [-0.2, -0.15) is 0 Å². The Kier molecular flexibility index (Phi) is 4.87. The van der Waals surface area contributed by atoms with E-state index in [-0.39, 0.29) is 18.5 Å². The number of halogens is 1. The maximum absolute atomic E-state index is 12.3. The van der Waals surface area contributed by atoms with Crippen LogP contribution in [0.1, 0.15) is 32.1 Å². The van der Waals surface area contributed by atoms with E-state index < -0.39 is 12.0 Å². The summed E-state index contributed by atoms with van der Waals surface area (Å²) in [5, 5.41) is 12.9. The van der Waals surface area contributed by atoms with Crippen LogP contribution in [0.15, 0.2) is 24.3 Å². The molecule has 1 aliphatic carbocycles. The molecule has 1 amide bonds. The number of carboxylic acid groups (broad SMARTS) is 1. The van der Waals surface area contributed by atoms with Gasteiger partial charge in [-0.05, 0) is 49.4 Å². The van der Waals surface area contributed by atoms with E-state index in [0.29, 0.717) is 23.0 Å². The van der Waals surface area contributed by atoms with Gasteiger partial charge in [-0.15, -0.1) is 0 Å². The second kappa shape index (κ2) is 6.89. The fourth-order valence-corrected chi connectivity index (χ4v) is 4.05. The highest BCUT2D eigenvalue weighted by Crippen LogP contribution is 2.39. The Morgan fingerprint density at radius 1 is 1.22 bits per heavy atom. The molecule has 0 aromatic heterocycles. The monoisotopic (exact) mass is 336 g/mol. The van der Waals surface area contributed by atoms with Gasteiger partial charge in [0.25, 0.3) is 0 Å². The summed E-state index contributed by atoms with van der Waals surface area (Å²) in [7, 11) is 0. The summed E-state index contributed by atoms with van der Waals surface area (Å²) in [4.78, 5) is 25.7. The highest BCUT2D eigenvalue weighted by atomic mass is 35.5. The summed E-state index contributed by atoms with van der Waals surface area (Å²) in [5.41, 5.74) is 0.672. The second-order valence-electron chi connectivity index (χ2n) is 6.43. The Bertz CT molecular complexity index is 590. The molecule has 2 aliphatic rings. The van der Waals surface area contributed by atoms with Gasteiger partial charge >= 0.3 is 5.97 Å². The van der Waals surface area contributed by atoms with E-state index >= 15 is 0 Å². The lowest BCUT2D eigenvalue weighted by atomic mass is 9.85. The molecule has 6 heteroatoms. The minimum Gasteiger partial charge on any atom is -0.480 e. The number of likely N-dealkylation sites (tertiary alicyclic amines) is 1. The number of hydrogen-bond acceptors (Lipinski definition) is 3. The van der Waals surface area contributed by atoms with E-state index in [2.05, 4.69) is 5.32 Å². The van der Waals surface area contributed by atoms with Crippen LogP contribution in [0.2, 0.25) is 5.02 Å². The van der Waals surface area contributed by atoms with E-state index in [9.17, 15) is 14.7 Å². The van der Waals surface area contributed by atoms with Gasteiger partial charge in [0.15, 0.2) is 0 Å². The number of carbonyl (C=O) groups excluding carboxylic acids is 1. The first-order valence-electron chi connectivity index (χ1n) is 8.08. The molecule has 1 aromatic rings. The van der Waals surface area contributed by atoms with Crippen molar-refractivity contribution in [3.05, 3.63) is 29.3 Å². The zero-order chi connectivity index (χ0) is 16.4. The maximum atomic E-state index is 12.3. The molecule has 3 unspecified atom stereocenters. The zero-order valence-electron chi connectivity index (χ0n) is 12.9. The van der Waals surface area contributed by atoms with Crippen LogP contribution in [-0.2, 0) is 9.59 Å². The molecule has 3 atom stereocenters. The molecule has 3 rings (SSSR count). The molecule has 1 aliphatic heterocycles. The number of nitrogens with zero attached hydrogens (tertiary/aromatic N) is 1. The van der Waals surface area contributed by atoms with Crippen molar-refractivity contribution < 1.29 is 14.7 Å². The molecule has 1 heterocycles. The average Bonchev–Trinajstić information content (AvgIpc) is 2.89. The van der Waals surface area contributed by atoms with Gasteiger partial charge < -0.3 is 10.4 Å². The van der Waals surface area contributed by atoms with Gasteiger partial charge in [-0.3, -0.25) is 14.5 Å². The van der Waals surface area contributed by atoms with Crippen molar-refractivity contribution in [1.29, 1.82) is 0 Å². The topological polar surface area (TPSA) is 69.6 Å². The lowest BCUT2D eigenvalue weighted by Gasteiger charge is -2.32. The Hall–Kier alpha value is -1.59. The number of hydrogen-bond donors (Lipinski definition) is 2. The number of carbonyl (C=O) groups is 2. The Labute approximate surface area is 140 Å². The number of benzene rings is 1. The van der Waals surface area contributed by atoms with Crippen molar-refractivity contribution in [2.45, 2.75) is 44.2 Å². The molecule has 0 bridgehead atoms. The predicted molar refractivity (Wildman–Crippen MR) is 88.6 cm³/mol. The van der Waals surface area contributed by atoms with E-state index in [1.165, 1.54) is 0 Å². The summed E-state index contributed by atoms with van der Waals surface area (Å²) in [6, 6.07) is 6.58. The smallest absolute Gasteiger partial charge is 0.320 e. The molecule has 1 saturated heterocycles. The molecule has 5 nitrogen and oxygen atoms in total. The number of carboxylic acids is 1. The van der Waals surface area contributed by atoms with Crippen LogP contribution in [-0.4, -0.2) is 40.5 Å². The van der Waals surface area contributed by atoms with Crippen LogP contribution in [0.5, 0.6) is 0 Å². The number of rotatable bonds is 4. The Morgan fingerprint density at radius 3 is 2.61 bits per heavy atom. The first-order chi connectivity index (χ1) is 11.0. The van der Waals surface area contributed by atoms with E-state index in [0.717, 1.165) is 25.7 Å². The average molecular weight is 337 g/mol. The van der Waals surface area contributed by atoms with Gasteiger partial charge in [-0.1, -0.05) is 24.4 Å². The van der Waals surface area contributed by atoms with Crippen molar-refractivity contribution in [2.24, 2.45) is 5.92 Å². The lowest BCUT2D eigenvalue weighted by molar-refractivity contribution is -0.143. The highest BCUT2D eigenvalue weighted by Gasteiger charge is 2.45. The fraction of sp³-hybridized carbons (Fsp3) is 0.529. The van der Waals surface area contributed by atoms with Gasteiger partial charge in [0.05, 0.1) is 6.54 Å². The van der Waals surface area contributed by atoms with Gasteiger partial charge in [0.1, 0.15) is 6.04 Å². The molecule has 1 saturated carbocycles. The second-order valence-corrected chi connectivity index (χ2v) is 6.87. The molecule has 1 aromatic carbocycles. The van der Waals surface area contributed by atoms with Crippen LogP contribution in [0, 0.1) is 5.92 Å². The van der Waals surface area contributed by atoms with Gasteiger partial charge in [0.2, 0.25) is 5.91 Å². The van der Waals surface area contributed by atoms with Crippen LogP contribution in [0.3, 0.4) is 0 Å². The van der Waals surface area contributed by atoms with Crippen molar-refractivity contribution in [1.82, 2.24) is 4.90 Å². The molecular formula is C17H21ClN2O3. The molecule has 0 spiro atoms. The number of aliphatic carboxylic acids is 1. The minimum absolute atomic E-state index is 0.126. The number of amides is 1. The highest BCUT2D eigenvalue weighted by molar-refractivity contribution is 6.30. The predicted octanol–water partition coefficient (Wildman–Crippen LogP) is 3.00. The standard InChI is InChI=1S/C17H21ClN2O3/c18-12-5-7-13(8-6-12)19-16(21)10-20-14-4-2-1-3-11(14)9-15(20)17(22)23/h5-8,11,14-15H,1-4,9-10H2,(H,19,21)(H,22,23). The van der Waals surface area contributed by atoms with Gasteiger partial charge in [-0.25, -0.2) is 0 Å². The molecule has 23 heavy (non-hydrogen) atoms. The van der Waals surface area contributed by atoms with Crippen LogP contribution in [0.25, 0.3) is 0 Å². The first-order valence-corrected chi connectivity index (χ1v) is 8.46. The van der Waals surface area contributed by atoms with E-state index in [1.807, 2.05) is 4.90 Å². The molecule has 124 valence electrons. The quantitative estimate of drug-likeness (QED) is 0.886. The van der Waals surface area contributed by atoms with E-state index in [4.69, 9.17) is 11.6 Å². The van der Waals surface area contributed by atoms with E-state index in [1.54, 1.807) is 24.3 Å². The first kappa shape index (κ1) is 16.3. The third-order valence-electron chi connectivity index (χ3n) is 4.96. The van der Waals surface area contributed by atoms with Crippen LogP contribution < -0.4 is 5.32 Å². The van der Waals surface area contributed by atoms with Crippen molar-refractivity contribution in [2.75, 3.05) is 11.9 Å². The summed E-state index contributed by atoms with van der Waals surface area (Å²) in [5.74, 6) is -0.586. The summed E-state index contributed by atoms with van der Waals surface area (Å²) < 4.78 is 0. The summed E-state index contributed by atoms with van der Waals surface area (Å²) in [6.45, 7) is 0.126. The van der Waals surface area contributed by atoms with Crippen molar-refractivity contribution in [3.63, 3.8) is 0 Å². The molecule has 2 N–H and O–H groups in total. The van der Waals surface area contributed by atoms with Crippen molar-refractivity contribution in [3.8, 4) is 0 Å². The number of nitrogens with one attached hydrogen (secondary N) is 1. The van der Waals surface area contributed by atoms with Crippen LogP contribution >= 0.6 is 11.6 Å². The zero-order valence-corrected chi connectivity index (χ0v) is 13.6. The fourth-order valence-electron chi connectivity index (χ4n) is 3.92. The largest absolute Gasteiger partial charge is 0.480 e. The Balaban J connectivity index is 1.67. The SMILES string of the molecule is O=C(CN1C(C(=O)O)CC2CCCCC21)Nc1ccc(Cl)cc1. The molecule has 2 fully saturated rings. The summed E-state index contributed by atoms with van der Waals surface area (Å²) in [6.07, 6.45) is 5.00. The van der Waals surface area contributed by atoms with Crippen LogP contribution in [0.4, 0.5) is 5.69 Å². The third-order valence-corrected chi connectivity index (χ3v) is 5.21. The number of anilines is 1. The summed E-state index contributed by atoms with van der Waals surface area (Å²) >= 11 is 5.83. The molecular weight excluding hydrogens is 316 g/mol. The number of fused-ring (bicyclic) bond motifs is 1.